The molecule has 0 unspecified atom stereocenters. The molecule has 0 radical (unpaired) electrons. The van der Waals surface area contributed by atoms with E-state index in [1.54, 1.807) is 0 Å². The lowest BCUT2D eigenvalue weighted by atomic mass is 10.2. The normalized spacial score (nSPS) is 14.5. The predicted molar refractivity (Wildman–Crippen MR) is 104 cm³/mol. The highest BCUT2D eigenvalue weighted by molar-refractivity contribution is 5.79. The van der Waals surface area contributed by atoms with Crippen LogP contribution in [0.2, 0.25) is 0 Å². The van der Waals surface area contributed by atoms with Gasteiger partial charge >= 0.3 is 0 Å². The largest absolute Gasteiger partial charge is 0.311 e. The first kappa shape index (κ1) is 17.8. The number of nitrogens with zero attached hydrogens (tertiary/aromatic N) is 3. The number of hydrogen-bond donors (Lipinski definition) is 1. The second kappa shape index (κ2) is 9.44. The van der Waals surface area contributed by atoms with E-state index in [4.69, 9.17) is 0 Å². The molecule has 2 aromatic rings. The molecule has 25 heavy (non-hydrogen) atoms. The van der Waals surface area contributed by atoms with E-state index in [-0.39, 0.29) is 0 Å². The summed E-state index contributed by atoms with van der Waals surface area (Å²) < 4.78 is 0. The van der Waals surface area contributed by atoms with Crippen molar-refractivity contribution in [1.29, 1.82) is 0 Å². The summed E-state index contributed by atoms with van der Waals surface area (Å²) in [4.78, 5) is 11.3. The van der Waals surface area contributed by atoms with Crippen molar-refractivity contribution in [2.24, 2.45) is 4.99 Å². The molecule has 1 aromatic carbocycles. The Bertz CT molecular complexity index is 665. The molecule has 1 aromatic heterocycles. The van der Waals surface area contributed by atoms with Crippen LogP contribution in [0.25, 0.3) is 0 Å². The molecule has 0 aliphatic heterocycles. The molecule has 4 heteroatoms. The summed E-state index contributed by atoms with van der Waals surface area (Å²) in [5.41, 5.74) is 3.60. The fourth-order valence-corrected chi connectivity index (χ4v) is 2.75. The molecule has 1 fully saturated rings. The van der Waals surface area contributed by atoms with Crippen molar-refractivity contribution in [1.82, 2.24) is 15.2 Å². The number of nitrogens with one attached hydrogen (secondary N) is 1. The van der Waals surface area contributed by atoms with Crippen LogP contribution in [-0.4, -0.2) is 42.3 Å². The minimum absolute atomic E-state index is 0.572. The van der Waals surface area contributed by atoms with Gasteiger partial charge in [-0.15, -0.1) is 0 Å². The van der Waals surface area contributed by atoms with Gasteiger partial charge in [-0.25, -0.2) is 0 Å². The Kier molecular flexibility index (Phi) is 6.71. The molecule has 0 atom stereocenters. The van der Waals surface area contributed by atoms with Crippen LogP contribution < -0.4 is 5.32 Å². The van der Waals surface area contributed by atoms with Crippen LogP contribution in [0.5, 0.6) is 0 Å². The first-order chi connectivity index (χ1) is 12.3. The van der Waals surface area contributed by atoms with Crippen LogP contribution in [0.15, 0.2) is 53.7 Å². The number of hydrogen-bond acceptors (Lipinski definition) is 4. The van der Waals surface area contributed by atoms with Gasteiger partial charge in [0.25, 0.3) is 0 Å². The number of rotatable bonds is 10. The molecule has 1 heterocycles. The summed E-state index contributed by atoms with van der Waals surface area (Å²) in [6, 6.07) is 15.3. The van der Waals surface area contributed by atoms with Crippen LogP contribution in [-0.2, 0) is 13.1 Å². The predicted octanol–water partition coefficient (Wildman–Crippen LogP) is 3.27. The lowest BCUT2D eigenvalue weighted by Gasteiger charge is -2.16. The second-order valence-electron chi connectivity index (χ2n) is 6.84. The van der Waals surface area contributed by atoms with E-state index in [0.29, 0.717) is 6.04 Å². The van der Waals surface area contributed by atoms with Gasteiger partial charge in [-0.05, 0) is 62.7 Å². The van der Waals surface area contributed by atoms with Crippen molar-refractivity contribution in [3.63, 3.8) is 0 Å². The molecule has 0 bridgehead atoms. The van der Waals surface area contributed by atoms with E-state index in [2.05, 4.69) is 63.6 Å². The molecule has 0 saturated heterocycles. The Morgan fingerprint density at radius 2 is 2.08 bits per heavy atom. The molecule has 1 saturated carbocycles. The average molecular weight is 336 g/mol. The van der Waals surface area contributed by atoms with E-state index in [0.717, 1.165) is 43.9 Å². The molecule has 1 N–H and O–H groups in total. The Hall–Kier alpha value is -2.04. The van der Waals surface area contributed by atoms with Gasteiger partial charge in [0, 0.05) is 25.5 Å². The van der Waals surface area contributed by atoms with Gasteiger partial charge in [0.15, 0.2) is 0 Å². The Morgan fingerprint density at radius 1 is 1.24 bits per heavy atom. The highest BCUT2D eigenvalue weighted by atomic mass is 15.1. The van der Waals surface area contributed by atoms with Crippen molar-refractivity contribution in [2.45, 2.75) is 38.4 Å². The van der Waals surface area contributed by atoms with Crippen molar-refractivity contribution in [3.05, 3.63) is 65.5 Å². The second-order valence-corrected chi connectivity index (χ2v) is 6.84. The summed E-state index contributed by atoms with van der Waals surface area (Å²) in [5, 5.41) is 3.49. The third kappa shape index (κ3) is 6.77. The van der Waals surface area contributed by atoms with Crippen LogP contribution in [0.1, 0.15) is 36.1 Å². The van der Waals surface area contributed by atoms with Gasteiger partial charge in [0.1, 0.15) is 0 Å². The summed E-state index contributed by atoms with van der Waals surface area (Å²) >= 11 is 0. The van der Waals surface area contributed by atoms with Crippen molar-refractivity contribution in [2.75, 3.05) is 20.1 Å². The lowest BCUT2D eigenvalue weighted by Crippen LogP contribution is -2.24. The number of pyridine rings is 1. The maximum Gasteiger partial charge on any atom is 0.0548 e. The number of benzene rings is 1. The number of aliphatic imine (C=N–C) groups is 1. The SMILES string of the molecule is CN(CCCNCc1cc(/C=N\C2CC2)ccn1)Cc1ccccc1. The van der Waals surface area contributed by atoms with Gasteiger partial charge in [0.2, 0.25) is 0 Å². The highest BCUT2D eigenvalue weighted by Gasteiger charge is 2.18. The minimum Gasteiger partial charge on any atom is -0.311 e. The Labute approximate surface area is 151 Å². The highest BCUT2D eigenvalue weighted by Crippen LogP contribution is 2.23. The van der Waals surface area contributed by atoms with E-state index in [1.807, 2.05) is 18.5 Å². The minimum atomic E-state index is 0.572. The van der Waals surface area contributed by atoms with Gasteiger partial charge in [0.05, 0.1) is 11.7 Å². The molecule has 1 aliphatic carbocycles. The average Bonchev–Trinajstić information content (AvgIpc) is 3.45. The molecular formula is C21H28N4. The maximum absolute atomic E-state index is 4.53. The standard InChI is InChI=1S/C21H28N4/c1-25(17-18-6-3-2-4-7-18)13-5-11-22-16-21-14-19(10-12-23-21)15-24-20-8-9-20/h2-4,6-7,10,12,14-15,20,22H,5,8-9,11,13,16-17H2,1H3/b24-15-. The van der Waals surface area contributed by atoms with Gasteiger partial charge < -0.3 is 10.2 Å². The quantitative estimate of drug-likeness (QED) is 0.535. The van der Waals surface area contributed by atoms with E-state index in [1.165, 1.54) is 18.4 Å². The lowest BCUT2D eigenvalue weighted by molar-refractivity contribution is 0.319. The van der Waals surface area contributed by atoms with E-state index in [9.17, 15) is 0 Å². The van der Waals surface area contributed by atoms with Crippen LogP contribution >= 0.6 is 0 Å². The summed E-state index contributed by atoms with van der Waals surface area (Å²) in [7, 11) is 2.18. The zero-order valence-corrected chi connectivity index (χ0v) is 15.1. The summed E-state index contributed by atoms with van der Waals surface area (Å²) in [5.74, 6) is 0. The number of aromatic nitrogens is 1. The van der Waals surface area contributed by atoms with Crippen molar-refractivity contribution < 1.29 is 0 Å². The first-order valence-corrected chi connectivity index (χ1v) is 9.21. The van der Waals surface area contributed by atoms with E-state index < -0.39 is 0 Å². The third-order valence-corrected chi connectivity index (χ3v) is 4.32. The zero-order valence-electron chi connectivity index (χ0n) is 15.1. The summed E-state index contributed by atoms with van der Waals surface area (Å²) in [6.07, 6.45) is 7.48. The van der Waals surface area contributed by atoms with Crippen molar-refractivity contribution in [3.8, 4) is 0 Å². The van der Waals surface area contributed by atoms with Gasteiger partial charge in [-0.1, -0.05) is 30.3 Å². The molecule has 0 amide bonds. The van der Waals surface area contributed by atoms with Crippen LogP contribution in [0.4, 0.5) is 0 Å². The van der Waals surface area contributed by atoms with Crippen LogP contribution in [0, 0.1) is 0 Å². The molecule has 1 aliphatic rings. The molecular weight excluding hydrogens is 308 g/mol. The zero-order chi connectivity index (χ0) is 17.3. The fraction of sp³-hybridized carbons (Fsp3) is 0.429. The molecule has 132 valence electrons. The Morgan fingerprint density at radius 3 is 2.88 bits per heavy atom. The molecule has 4 nitrogen and oxygen atoms in total. The fourth-order valence-electron chi connectivity index (χ4n) is 2.75. The smallest absolute Gasteiger partial charge is 0.0548 e. The summed E-state index contributed by atoms with van der Waals surface area (Å²) in [6.45, 7) is 3.91. The van der Waals surface area contributed by atoms with Gasteiger partial charge in [-0.2, -0.15) is 0 Å². The van der Waals surface area contributed by atoms with Gasteiger partial charge in [-0.3, -0.25) is 9.98 Å². The topological polar surface area (TPSA) is 40.5 Å². The monoisotopic (exact) mass is 336 g/mol. The molecule has 0 spiro atoms. The van der Waals surface area contributed by atoms with E-state index >= 15 is 0 Å². The molecule has 3 rings (SSSR count). The van der Waals surface area contributed by atoms with Crippen LogP contribution in [0.3, 0.4) is 0 Å². The third-order valence-electron chi connectivity index (χ3n) is 4.32. The first-order valence-electron chi connectivity index (χ1n) is 9.21. The Balaban J connectivity index is 1.32. The van der Waals surface area contributed by atoms with Crippen molar-refractivity contribution >= 4 is 6.21 Å². The maximum atomic E-state index is 4.53.